The van der Waals surface area contributed by atoms with Crippen molar-refractivity contribution in [2.75, 3.05) is 0 Å². The Morgan fingerprint density at radius 3 is 2.80 bits per heavy atom. The van der Waals surface area contributed by atoms with Crippen molar-refractivity contribution in [3.63, 3.8) is 0 Å². The SMILES string of the molecule is CCCCCCc1cc2ccccc2n1C(=O)CCCc1nnn[nH]1. The number of nitrogens with zero attached hydrogens (tertiary/aromatic N) is 4. The Hall–Kier alpha value is -2.50. The molecular formula is C19H25N5O. The molecule has 2 aromatic heterocycles. The Morgan fingerprint density at radius 1 is 1.12 bits per heavy atom. The van der Waals surface area contributed by atoms with Gasteiger partial charge in [0.15, 0.2) is 0 Å². The van der Waals surface area contributed by atoms with E-state index in [0.29, 0.717) is 12.8 Å². The monoisotopic (exact) mass is 339 g/mol. The number of carbonyl (C=O) groups excluding carboxylic acids is 1. The standard InChI is InChI=1S/C19H25N5O/c1-2-3-4-5-10-16-14-15-9-6-7-11-17(15)24(16)19(25)13-8-12-18-20-22-23-21-18/h6-7,9,11,14H,2-5,8,10,12-13H2,1H3,(H,20,21,22,23). The molecule has 3 rings (SSSR count). The van der Waals surface area contributed by atoms with E-state index >= 15 is 0 Å². The zero-order valence-corrected chi connectivity index (χ0v) is 14.7. The maximum atomic E-state index is 12.9. The second kappa shape index (κ2) is 8.55. The predicted molar refractivity (Wildman–Crippen MR) is 97.5 cm³/mol. The lowest BCUT2D eigenvalue weighted by molar-refractivity contribution is 0.0902. The summed E-state index contributed by atoms with van der Waals surface area (Å²) in [5.74, 6) is 0.879. The lowest BCUT2D eigenvalue weighted by atomic mass is 10.1. The normalized spacial score (nSPS) is 11.2. The Kier molecular flexibility index (Phi) is 5.93. The summed E-state index contributed by atoms with van der Waals surface area (Å²) in [6, 6.07) is 10.3. The zero-order chi connectivity index (χ0) is 17.5. The highest BCUT2D eigenvalue weighted by Gasteiger charge is 2.15. The molecular weight excluding hydrogens is 314 g/mol. The van der Waals surface area contributed by atoms with E-state index in [0.717, 1.165) is 41.7 Å². The minimum absolute atomic E-state index is 0.152. The number of H-pyrrole nitrogens is 1. The van der Waals surface area contributed by atoms with Gasteiger partial charge < -0.3 is 0 Å². The summed E-state index contributed by atoms with van der Waals surface area (Å²) < 4.78 is 1.92. The van der Waals surface area contributed by atoms with Crippen molar-refractivity contribution >= 4 is 16.8 Å². The van der Waals surface area contributed by atoms with Gasteiger partial charge in [0.25, 0.3) is 0 Å². The summed E-state index contributed by atoms with van der Waals surface area (Å²) in [4.78, 5) is 12.9. The van der Waals surface area contributed by atoms with Crippen LogP contribution in [0.5, 0.6) is 0 Å². The van der Waals surface area contributed by atoms with E-state index in [4.69, 9.17) is 0 Å². The van der Waals surface area contributed by atoms with Gasteiger partial charge in [0, 0.05) is 23.9 Å². The quantitative estimate of drug-likeness (QED) is 0.599. The molecule has 3 aromatic rings. The molecule has 0 atom stereocenters. The van der Waals surface area contributed by atoms with Gasteiger partial charge in [-0.3, -0.25) is 9.36 Å². The summed E-state index contributed by atoms with van der Waals surface area (Å²) in [6.07, 6.45) is 7.67. The van der Waals surface area contributed by atoms with Crippen LogP contribution in [0.15, 0.2) is 30.3 Å². The van der Waals surface area contributed by atoms with Gasteiger partial charge in [0.1, 0.15) is 5.82 Å². The van der Waals surface area contributed by atoms with E-state index in [1.54, 1.807) is 0 Å². The molecule has 0 saturated heterocycles. The summed E-state index contributed by atoms with van der Waals surface area (Å²) >= 11 is 0. The van der Waals surface area contributed by atoms with Crippen LogP contribution in [0.1, 0.15) is 61.8 Å². The molecule has 132 valence electrons. The first-order chi connectivity index (χ1) is 12.3. The average molecular weight is 339 g/mol. The van der Waals surface area contributed by atoms with E-state index in [1.807, 2.05) is 22.8 Å². The van der Waals surface area contributed by atoms with Gasteiger partial charge in [-0.25, -0.2) is 5.10 Å². The molecule has 0 aliphatic rings. The number of nitrogens with one attached hydrogen (secondary N) is 1. The molecule has 0 radical (unpaired) electrons. The molecule has 6 nitrogen and oxygen atoms in total. The van der Waals surface area contributed by atoms with Gasteiger partial charge in [-0.2, -0.15) is 0 Å². The number of tetrazole rings is 1. The third-order valence-corrected chi connectivity index (χ3v) is 4.52. The highest BCUT2D eigenvalue weighted by atomic mass is 16.2. The number of rotatable bonds is 9. The molecule has 1 N–H and O–H groups in total. The van der Waals surface area contributed by atoms with Crippen LogP contribution in [0.25, 0.3) is 10.9 Å². The highest BCUT2D eigenvalue weighted by molar-refractivity contribution is 5.93. The molecule has 0 aliphatic carbocycles. The first kappa shape index (κ1) is 17.3. The van der Waals surface area contributed by atoms with Crippen LogP contribution < -0.4 is 0 Å². The summed E-state index contributed by atoms with van der Waals surface area (Å²) in [5, 5.41) is 14.9. The van der Waals surface area contributed by atoms with Gasteiger partial charge in [0.05, 0.1) is 5.52 Å². The number of unbranched alkanes of at least 4 members (excludes halogenated alkanes) is 3. The number of aromatic nitrogens is 5. The van der Waals surface area contributed by atoms with Crippen molar-refractivity contribution in [2.24, 2.45) is 0 Å². The Morgan fingerprint density at radius 2 is 2.00 bits per heavy atom. The Labute approximate surface area is 147 Å². The Bertz CT molecular complexity index is 806. The molecule has 1 aromatic carbocycles. The van der Waals surface area contributed by atoms with Crippen molar-refractivity contribution in [1.29, 1.82) is 0 Å². The fourth-order valence-corrected chi connectivity index (χ4v) is 3.23. The second-order valence-electron chi connectivity index (χ2n) is 6.44. The van der Waals surface area contributed by atoms with Crippen molar-refractivity contribution in [3.05, 3.63) is 41.9 Å². The Balaban J connectivity index is 1.71. The van der Waals surface area contributed by atoms with Gasteiger partial charge >= 0.3 is 0 Å². The predicted octanol–water partition coefficient (Wildman–Crippen LogP) is 3.94. The molecule has 0 aliphatic heterocycles. The lowest BCUT2D eigenvalue weighted by Gasteiger charge is -2.09. The largest absolute Gasteiger partial charge is 0.284 e. The van der Waals surface area contributed by atoms with Gasteiger partial charge in [-0.05, 0) is 41.8 Å². The topological polar surface area (TPSA) is 76.5 Å². The molecule has 25 heavy (non-hydrogen) atoms. The van der Waals surface area contributed by atoms with Crippen LogP contribution in [-0.4, -0.2) is 31.1 Å². The van der Waals surface area contributed by atoms with Crippen LogP contribution >= 0.6 is 0 Å². The van der Waals surface area contributed by atoms with E-state index in [1.165, 1.54) is 19.3 Å². The van der Waals surface area contributed by atoms with Gasteiger partial charge in [-0.15, -0.1) is 5.10 Å². The highest BCUT2D eigenvalue weighted by Crippen LogP contribution is 2.22. The van der Waals surface area contributed by atoms with E-state index in [-0.39, 0.29) is 5.91 Å². The van der Waals surface area contributed by atoms with Crippen LogP contribution in [0.4, 0.5) is 0 Å². The second-order valence-corrected chi connectivity index (χ2v) is 6.44. The molecule has 0 amide bonds. The van der Waals surface area contributed by atoms with Crippen LogP contribution in [0.2, 0.25) is 0 Å². The summed E-state index contributed by atoms with van der Waals surface area (Å²) in [6.45, 7) is 2.21. The number of para-hydroxylation sites is 1. The number of fused-ring (bicyclic) bond motifs is 1. The minimum atomic E-state index is 0.152. The average Bonchev–Trinajstić information content (AvgIpc) is 3.25. The van der Waals surface area contributed by atoms with E-state index in [9.17, 15) is 4.79 Å². The van der Waals surface area contributed by atoms with Crippen molar-refractivity contribution in [3.8, 4) is 0 Å². The summed E-state index contributed by atoms with van der Waals surface area (Å²) in [5.41, 5.74) is 2.14. The maximum Gasteiger partial charge on any atom is 0.231 e. The smallest absolute Gasteiger partial charge is 0.231 e. The number of benzene rings is 1. The van der Waals surface area contributed by atoms with Crippen molar-refractivity contribution in [1.82, 2.24) is 25.2 Å². The first-order valence-corrected chi connectivity index (χ1v) is 9.14. The molecule has 0 unspecified atom stereocenters. The molecule has 0 saturated carbocycles. The number of aromatic amines is 1. The number of hydrogen-bond acceptors (Lipinski definition) is 4. The lowest BCUT2D eigenvalue weighted by Crippen LogP contribution is -2.14. The molecule has 0 fully saturated rings. The van der Waals surface area contributed by atoms with Crippen molar-refractivity contribution in [2.45, 2.75) is 58.3 Å². The van der Waals surface area contributed by atoms with Gasteiger partial charge in [0.2, 0.25) is 5.91 Å². The molecule has 0 spiro atoms. The third kappa shape index (κ3) is 4.32. The number of aryl methyl sites for hydroxylation is 2. The van der Waals surface area contributed by atoms with Crippen LogP contribution in [0, 0.1) is 0 Å². The zero-order valence-electron chi connectivity index (χ0n) is 14.7. The maximum absolute atomic E-state index is 12.9. The third-order valence-electron chi connectivity index (χ3n) is 4.52. The van der Waals surface area contributed by atoms with Crippen LogP contribution in [-0.2, 0) is 12.8 Å². The van der Waals surface area contributed by atoms with Crippen LogP contribution in [0.3, 0.4) is 0 Å². The van der Waals surface area contributed by atoms with E-state index in [2.05, 4.69) is 39.7 Å². The number of carbonyl (C=O) groups is 1. The minimum Gasteiger partial charge on any atom is -0.284 e. The summed E-state index contributed by atoms with van der Waals surface area (Å²) in [7, 11) is 0. The molecule has 0 bridgehead atoms. The van der Waals surface area contributed by atoms with Crippen molar-refractivity contribution < 1.29 is 4.79 Å². The number of hydrogen-bond donors (Lipinski definition) is 1. The fraction of sp³-hybridized carbons (Fsp3) is 0.474. The van der Waals surface area contributed by atoms with E-state index < -0.39 is 0 Å². The first-order valence-electron chi connectivity index (χ1n) is 9.14. The fourth-order valence-electron chi connectivity index (χ4n) is 3.23. The molecule has 6 heteroatoms. The van der Waals surface area contributed by atoms with Gasteiger partial charge in [-0.1, -0.05) is 44.4 Å². The molecule has 2 heterocycles.